The first-order chi connectivity index (χ1) is 9.40. The summed E-state index contributed by atoms with van der Waals surface area (Å²) in [6.07, 6.45) is 1.22. The fourth-order valence-electron chi connectivity index (χ4n) is 1.93. The molecule has 1 aromatic carbocycles. The molecule has 0 aliphatic carbocycles. The van der Waals surface area contributed by atoms with Crippen LogP contribution in [0.1, 0.15) is 47.7 Å². The van der Waals surface area contributed by atoms with Gasteiger partial charge < -0.3 is 11.1 Å². The second-order valence-electron chi connectivity index (χ2n) is 5.36. The SMILES string of the molecule is Cc1ccc(C)c(C(=O)CCC(=O)NCCC(C)N)c1. The molecule has 3 N–H and O–H groups in total. The Labute approximate surface area is 120 Å². The van der Waals surface area contributed by atoms with Crippen molar-refractivity contribution in [1.29, 1.82) is 0 Å². The van der Waals surface area contributed by atoms with Gasteiger partial charge in [-0.3, -0.25) is 9.59 Å². The molecule has 0 aliphatic heterocycles. The van der Waals surface area contributed by atoms with Gasteiger partial charge in [0.2, 0.25) is 5.91 Å². The van der Waals surface area contributed by atoms with Crippen LogP contribution < -0.4 is 11.1 Å². The van der Waals surface area contributed by atoms with Crippen molar-refractivity contribution in [2.45, 2.75) is 46.1 Å². The molecule has 0 spiro atoms. The van der Waals surface area contributed by atoms with E-state index in [0.717, 1.165) is 17.5 Å². The quantitative estimate of drug-likeness (QED) is 0.749. The Morgan fingerprint density at radius 3 is 2.60 bits per heavy atom. The summed E-state index contributed by atoms with van der Waals surface area (Å²) in [6.45, 7) is 6.33. The summed E-state index contributed by atoms with van der Waals surface area (Å²) in [4.78, 5) is 23.7. The standard InChI is InChI=1S/C16H24N2O2/c1-11-4-5-12(2)14(10-11)15(19)6-7-16(20)18-9-8-13(3)17/h4-5,10,13H,6-9,17H2,1-3H3,(H,18,20). The number of aryl methyl sites for hydroxylation is 2. The first kappa shape index (κ1) is 16.4. The molecule has 1 unspecified atom stereocenters. The topological polar surface area (TPSA) is 72.2 Å². The van der Waals surface area contributed by atoms with Crippen molar-refractivity contribution in [3.05, 3.63) is 34.9 Å². The molecule has 0 aromatic heterocycles. The van der Waals surface area contributed by atoms with Crippen LogP contribution in [0.4, 0.5) is 0 Å². The zero-order valence-electron chi connectivity index (χ0n) is 12.5. The number of hydrogen-bond acceptors (Lipinski definition) is 3. The molecule has 20 heavy (non-hydrogen) atoms. The molecule has 1 amide bonds. The van der Waals surface area contributed by atoms with Crippen LogP contribution in [-0.2, 0) is 4.79 Å². The van der Waals surface area contributed by atoms with Gasteiger partial charge in [-0.15, -0.1) is 0 Å². The van der Waals surface area contributed by atoms with E-state index in [4.69, 9.17) is 5.73 Å². The number of rotatable bonds is 7. The number of carbonyl (C=O) groups is 2. The van der Waals surface area contributed by atoms with E-state index in [9.17, 15) is 9.59 Å². The number of Topliss-reactive ketones (excluding diaryl/α,β-unsaturated/α-hetero) is 1. The summed E-state index contributed by atoms with van der Waals surface area (Å²) < 4.78 is 0. The fourth-order valence-corrected chi connectivity index (χ4v) is 1.93. The van der Waals surface area contributed by atoms with Crippen LogP contribution in [0.25, 0.3) is 0 Å². The van der Waals surface area contributed by atoms with Crippen LogP contribution >= 0.6 is 0 Å². The molecule has 0 bridgehead atoms. The summed E-state index contributed by atoms with van der Waals surface area (Å²) in [5.74, 6) is -0.0714. The van der Waals surface area contributed by atoms with Gasteiger partial charge in [-0.2, -0.15) is 0 Å². The van der Waals surface area contributed by atoms with Gasteiger partial charge >= 0.3 is 0 Å². The molecule has 1 rings (SSSR count). The summed E-state index contributed by atoms with van der Waals surface area (Å²) >= 11 is 0. The smallest absolute Gasteiger partial charge is 0.220 e. The lowest BCUT2D eigenvalue weighted by Gasteiger charge is -2.08. The molecule has 0 fully saturated rings. The molecule has 0 heterocycles. The number of nitrogens with one attached hydrogen (secondary N) is 1. The lowest BCUT2D eigenvalue weighted by atomic mass is 9.99. The summed E-state index contributed by atoms with van der Waals surface area (Å²) in [5.41, 5.74) is 8.33. The van der Waals surface area contributed by atoms with Crippen LogP contribution in [0.2, 0.25) is 0 Å². The maximum absolute atomic E-state index is 12.1. The number of hydrogen-bond donors (Lipinski definition) is 2. The highest BCUT2D eigenvalue weighted by molar-refractivity contribution is 5.99. The molecule has 0 radical (unpaired) electrons. The molecule has 4 heteroatoms. The Morgan fingerprint density at radius 1 is 1.25 bits per heavy atom. The van der Waals surface area contributed by atoms with Gasteiger partial charge in [-0.25, -0.2) is 0 Å². The molecule has 4 nitrogen and oxygen atoms in total. The van der Waals surface area contributed by atoms with E-state index < -0.39 is 0 Å². The highest BCUT2D eigenvalue weighted by atomic mass is 16.2. The van der Waals surface area contributed by atoms with Crippen molar-refractivity contribution in [3.63, 3.8) is 0 Å². The van der Waals surface area contributed by atoms with Crippen LogP contribution in [0.15, 0.2) is 18.2 Å². The monoisotopic (exact) mass is 276 g/mol. The third kappa shape index (κ3) is 5.53. The lowest BCUT2D eigenvalue weighted by Crippen LogP contribution is -2.29. The Balaban J connectivity index is 2.43. The third-order valence-electron chi connectivity index (χ3n) is 3.19. The molecule has 1 atom stereocenters. The largest absolute Gasteiger partial charge is 0.356 e. The van der Waals surface area contributed by atoms with E-state index in [-0.39, 0.29) is 30.6 Å². The van der Waals surface area contributed by atoms with Gasteiger partial charge in [-0.1, -0.05) is 17.7 Å². The maximum Gasteiger partial charge on any atom is 0.220 e. The fraction of sp³-hybridized carbons (Fsp3) is 0.500. The second-order valence-corrected chi connectivity index (χ2v) is 5.36. The van der Waals surface area contributed by atoms with Gasteiger partial charge in [0.05, 0.1) is 0 Å². The van der Waals surface area contributed by atoms with Crippen LogP contribution in [0.3, 0.4) is 0 Å². The van der Waals surface area contributed by atoms with Crippen LogP contribution in [-0.4, -0.2) is 24.3 Å². The average Bonchev–Trinajstić information content (AvgIpc) is 2.38. The van der Waals surface area contributed by atoms with Gasteiger partial charge in [0.15, 0.2) is 5.78 Å². The van der Waals surface area contributed by atoms with E-state index in [2.05, 4.69) is 5.32 Å². The molecule has 0 saturated carbocycles. The predicted octanol–water partition coefficient (Wildman–Crippen LogP) is 2.12. The van der Waals surface area contributed by atoms with Crippen LogP contribution in [0, 0.1) is 13.8 Å². The van der Waals surface area contributed by atoms with Crippen molar-refractivity contribution in [3.8, 4) is 0 Å². The van der Waals surface area contributed by atoms with Gasteiger partial charge in [-0.05, 0) is 38.8 Å². The normalized spacial score (nSPS) is 12.0. The second kappa shape index (κ2) is 7.80. The summed E-state index contributed by atoms with van der Waals surface area (Å²) in [7, 11) is 0. The van der Waals surface area contributed by atoms with E-state index in [1.807, 2.05) is 39.0 Å². The van der Waals surface area contributed by atoms with Crippen molar-refractivity contribution in [2.75, 3.05) is 6.54 Å². The van der Waals surface area contributed by atoms with Crippen molar-refractivity contribution < 1.29 is 9.59 Å². The molecule has 110 valence electrons. The van der Waals surface area contributed by atoms with Gasteiger partial charge in [0, 0.05) is 31.0 Å². The highest BCUT2D eigenvalue weighted by Crippen LogP contribution is 2.13. The minimum absolute atomic E-state index is 0.0218. The lowest BCUT2D eigenvalue weighted by molar-refractivity contribution is -0.121. The highest BCUT2D eigenvalue weighted by Gasteiger charge is 2.11. The van der Waals surface area contributed by atoms with Crippen LogP contribution in [0.5, 0.6) is 0 Å². The maximum atomic E-state index is 12.1. The van der Waals surface area contributed by atoms with Crippen molar-refractivity contribution >= 4 is 11.7 Å². The van der Waals surface area contributed by atoms with Gasteiger partial charge in [0.25, 0.3) is 0 Å². The predicted molar refractivity (Wildman–Crippen MR) is 80.8 cm³/mol. The molecular weight excluding hydrogens is 252 g/mol. The molecule has 0 aliphatic rings. The molecule has 0 saturated heterocycles. The average molecular weight is 276 g/mol. The number of benzene rings is 1. The zero-order valence-corrected chi connectivity index (χ0v) is 12.5. The number of amides is 1. The first-order valence-corrected chi connectivity index (χ1v) is 7.03. The van der Waals surface area contributed by atoms with E-state index in [1.165, 1.54) is 0 Å². The van der Waals surface area contributed by atoms with E-state index in [0.29, 0.717) is 12.1 Å². The minimum Gasteiger partial charge on any atom is -0.356 e. The first-order valence-electron chi connectivity index (χ1n) is 7.03. The third-order valence-corrected chi connectivity index (χ3v) is 3.19. The Kier molecular flexibility index (Phi) is 6.39. The molecule has 1 aromatic rings. The Hall–Kier alpha value is -1.68. The summed E-state index contributed by atoms with van der Waals surface area (Å²) in [6, 6.07) is 5.87. The van der Waals surface area contributed by atoms with E-state index >= 15 is 0 Å². The summed E-state index contributed by atoms with van der Waals surface area (Å²) in [5, 5.41) is 2.78. The van der Waals surface area contributed by atoms with Gasteiger partial charge in [0.1, 0.15) is 0 Å². The number of carbonyl (C=O) groups excluding carboxylic acids is 2. The Morgan fingerprint density at radius 2 is 1.95 bits per heavy atom. The van der Waals surface area contributed by atoms with Crippen molar-refractivity contribution in [2.24, 2.45) is 5.73 Å². The number of nitrogens with two attached hydrogens (primary N) is 1. The zero-order chi connectivity index (χ0) is 15.1. The van der Waals surface area contributed by atoms with Crippen molar-refractivity contribution in [1.82, 2.24) is 5.32 Å². The number of ketones is 1. The molecular formula is C16H24N2O2. The van der Waals surface area contributed by atoms with E-state index in [1.54, 1.807) is 0 Å². The Bertz CT molecular complexity index is 481. The minimum atomic E-state index is -0.0932.